The predicted molar refractivity (Wildman–Crippen MR) is 104 cm³/mol. The summed E-state index contributed by atoms with van der Waals surface area (Å²) in [6.45, 7) is 5.42. The van der Waals surface area contributed by atoms with Gasteiger partial charge in [0.1, 0.15) is 0 Å². The van der Waals surface area contributed by atoms with Crippen LogP contribution in [-0.4, -0.2) is 54.4 Å². The van der Waals surface area contributed by atoms with Crippen LogP contribution in [0.3, 0.4) is 0 Å². The van der Waals surface area contributed by atoms with E-state index in [0.29, 0.717) is 6.54 Å². The molecule has 2 rings (SSSR count). The Hall–Kier alpha value is -2.34. The predicted octanol–water partition coefficient (Wildman–Crippen LogP) is 2.13. The Kier molecular flexibility index (Phi) is 7.98. The Balaban J connectivity index is 1.88. The summed E-state index contributed by atoms with van der Waals surface area (Å²) in [5.74, 6) is 0.866. The molecule has 1 aromatic heterocycles. The lowest BCUT2D eigenvalue weighted by Crippen LogP contribution is -2.38. The highest BCUT2D eigenvalue weighted by molar-refractivity contribution is 5.79. The molecule has 0 radical (unpaired) electrons. The number of aryl methyl sites for hydroxylation is 1. The van der Waals surface area contributed by atoms with Gasteiger partial charge in [0.05, 0.1) is 12.6 Å². The number of nitrogens with zero attached hydrogens (tertiary/aromatic N) is 4. The number of hydrogen-bond donors (Lipinski definition) is 2. The van der Waals surface area contributed by atoms with Gasteiger partial charge in [-0.25, -0.2) is 0 Å². The summed E-state index contributed by atoms with van der Waals surface area (Å²) in [6.07, 6.45) is 4.80. The molecule has 0 aliphatic rings. The maximum Gasteiger partial charge on any atom is 0.191 e. The van der Waals surface area contributed by atoms with Gasteiger partial charge in [0.2, 0.25) is 0 Å². The minimum absolute atomic E-state index is 0.265. The third-order valence-electron chi connectivity index (χ3n) is 3.99. The Morgan fingerprint density at radius 1 is 1.20 bits per heavy atom. The molecule has 1 atom stereocenters. The maximum atomic E-state index is 4.78. The van der Waals surface area contributed by atoms with E-state index >= 15 is 0 Å². The molecular formula is C19H30N6. The van der Waals surface area contributed by atoms with Gasteiger partial charge < -0.3 is 15.5 Å². The van der Waals surface area contributed by atoms with E-state index in [1.807, 2.05) is 29.2 Å². The van der Waals surface area contributed by atoms with E-state index in [0.717, 1.165) is 32.0 Å². The molecule has 1 unspecified atom stereocenters. The second-order valence-corrected chi connectivity index (χ2v) is 6.16. The third kappa shape index (κ3) is 6.58. The highest BCUT2D eigenvalue weighted by Gasteiger charge is 2.13. The van der Waals surface area contributed by atoms with Gasteiger partial charge >= 0.3 is 0 Å². The highest BCUT2D eigenvalue weighted by atomic mass is 15.3. The van der Waals surface area contributed by atoms with E-state index in [2.05, 4.69) is 65.9 Å². The number of likely N-dealkylation sites (N-methyl/N-ethyl adjacent to an activating group) is 1. The van der Waals surface area contributed by atoms with Crippen LogP contribution < -0.4 is 10.6 Å². The quantitative estimate of drug-likeness (QED) is 0.416. The van der Waals surface area contributed by atoms with Gasteiger partial charge in [-0.15, -0.1) is 0 Å². The summed E-state index contributed by atoms with van der Waals surface area (Å²) in [7, 11) is 4.19. The van der Waals surface area contributed by atoms with Crippen LogP contribution in [0.1, 0.15) is 24.9 Å². The molecule has 2 N–H and O–H groups in total. The summed E-state index contributed by atoms with van der Waals surface area (Å²) in [5, 5.41) is 10.9. The van der Waals surface area contributed by atoms with Gasteiger partial charge in [0, 0.05) is 32.0 Å². The van der Waals surface area contributed by atoms with Crippen LogP contribution in [0.2, 0.25) is 0 Å². The fraction of sp³-hybridized carbons (Fsp3) is 0.474. The fourth-order valence-corrected chi connectivity index (χ4v) is 2.64. The molecule has 0 amide bonds. The van der Waals surface area contributed by atoms with E-state index in [4.69, 9.17) is 4.99 Å². The van der Waals surface area contributed by atoms with Crippen LogP contribution in [0.5, 0.6) is 0 Å². The highest BCUT2D eigenvalue weighted by Crippen LogP contribution is 2.17. The Bertz CT molecular complexity index is 606. The second kappa shape index (κ2) is 10.5. The number of guanidine groups is 1. The molecule has 0 aliphatic carbocycles. The first-order valence-electron chi connectivity index (χ1n) is 8.91. The molecule has 0 saturated carbocycles. The van der Waals surface area contributed by atoms with Crippen molar-refractivity contribution in [3.05, 3.63) is 54.4 Å². The van der Waals surface area contributed by atoms with Crippen molar-refractivity contribution in [1.29, 1.82) is 0 Å². The summed E-state index contributed by atoms with van der Waals surface area (Å²) in [5.41, 5.74) is 1.28. The molecule has 6 nitrogen and oxygen atoms in total. The largest absolute Gasteiger partial charge is 0.357 e. The zero-order chi connectivity index (χ0) is 17.9. The number of aliphatic imine (C=N–C) groups is 1. The van der Waals surface area contributed by atoms with E-state index in [1.165, 1.54) is 5.56 Å². The van der Waals surface area contributed by atoms with Crippen molar-refractivity contribution >= 4 is 5.96 Å². The monoisotopic (exact) mass is 342 g/mol. The van der Waals surface area contributed by atoms with Crippen LogP contribution in [-0.2, 0) is 6.54 Å². The number of rotatable bonds is 9. The molecule has 0 saturated heterocycles. The van der Waals surface area contributed by atoms with E-state index in [9.17, 15) is 0 Å². The summed E-state index contributed by atoms with van der Waals surface area (Å²) < 4.78 is 1.95. The molecule has 1 aromatic carbocycles. The minimum Gasteiger partial charge on any atom is -0.357 e. The standard InChI is InChI=1S/C19H30N6/c1-4-20-19(21-12-8-14-25-15-9-13-23-25)22-16-18(24(2)3)17-10-6-5-7-11-17/h5-7,9-11,13,15,18H,4,8,12,14,16H2,1-3H3,(H2,20,21,22). The first kappa shape index (κ1) is 19.0. The lowest BCUT2D eigenvalue weighted by Gasteiger charge is -2.23. The molecule has 0 aliphatic heterocycles. The summed E-state index contributed by atoms with van der Waals surface area (Å²) >= 11 is 0. The van der Waals surface area contributed by atoms with Crippen LogP contribution >= 0.6 is 0 Å². The molecule has 0 fully saturated rings. The van der Waals surface area contributed by atoms with Crippen LogP contribution in [0.4, 0.5) is 0 Å². The molecule has 136 valence electrons. The Morgan fingerprint density at radius 3 is 2.64 bits per heavy atom. The topological polar surface area (TPSA) is 57.5 Å². The average molecular weight is 342 g/mol. The molecule has 1 heterocycles. The fourth-order valence-electron chi connectivity index (χ4n) is 2.64. The minimum atomic E-state index is 0.265. The number of aromatic nitrogens is 2. The van der Waals surface area contributed by atoms with Gasteiger partial charge in [0.15, 0.2) is 5.96 Å². The zero-order valence-electron chi connectivity index (χ0n) is 15.5. The van der Waals surface area contributed by atoms with Crippen molar-refractivity contribution in [3.8, 4) is 0 Å². The Morgan fingerprint density at radius 2 is 2.00 bits per heavy atom. The van der Waals surface area contributed by atoms with Crippen molar-refractivity contribution in [3.63, 3.8) is 0 Å². The average Bonchev–Trinajstić information content (AvgIpc) is 3.13. The lowest BCUT2D eigenvalue weighted by molar-refractivity contribution is 0.306. The third-order valence-corrected chi connectivity index (χ3v) is 3.99. The van der Waals surface area contributed by atoms with Crippen molar-refractivity contribution in [2.24, 2.45) is 4.99 Å². The normalized spacial score (nSPS) is 13.0. The van der Waals surface area contributed by atoms with Gasteiger partial charge in [-0.05, 0) is 39.1 Å². The number of nitrogens with one attached hydrogen (secondary N) is 2. The van der Waals surface area contributed by atoms with Crippen LogP contribution in [0, 0.1) is 0 Å². The van der Waals surface area contributed by atoms with E-state index < -0.39 is 0 Å². The lowest BCUT2D eigenvalue weighted by atomic mass is 10.1. The number of benzene rings is 1. The Labute approximate surface area is 151 Å². The van der Waals surface area contributed by atoms with Crippen LogP contribution in [0.25, 0.3) is 0 Å². The summed E-state index contributed by atoms with van der Waals surface area (Å²) in [6, 6.07) is 12.7. The second-order valence-electron chi connectivity index (χ2n) is 6.16. The van der Waals surface area contributed by atoms with E-state index in [1.54, 1.807) is 0 Å². The molecule has 0 bridgehead atoms. The van der Waals surface area contributed by atoms with E-state index in [-0.39, 0.29) is 6.04 Å². The molecular weight excluding hydrogens is 312 g/mol. The molecule has 6 heteroatoms. The van der Waals surface area contributed by atoms with Crippen molar-refractivity contribution in [1.82, 2.24) is 25.3 Å². The van der Waals surface area contributed by atoms with Crippen molar-refractivity contribution in [2.75, 3.05) is 33.7 Å². The van der Waals surface area contributed by atoms with Gasteiger partial charge in [-0.2, -0.15) is 5.10 Å². The van der Waals surface area contributed by atoms with Gasteiger partial charge in [-0.3, -0.25) is 9.67 Å². The molecule has 0 spiro atoms. The summed E-state index contributed by atoms with van der Waals surface area (Å²) in [4.78, 5) is 6.98. The SMILES string of the molecule is CCNC(=NCC(c1ccccc1)N(C)C)NCCCn1cccn1. The maximum absolute atomic E-state index is 4.78. The van der Waals surface area contributed by atoms with Crippen LogP contribution in [0.15, 0.2) is 53.8 Å². The number of hydrogen-bond acceptors (Lipinski definition) is 3. The van der Waals surface area contributed by atoms with Crippen molar-refractivity contribution in [2.45, 2.75) is 25.9 Å². The van der Waals surface area contributed by atoms with Gasteiger partial charge in [0.25, 0.3) is 0 Å². The first-order chi connectivity index (χ1) is 12.2. The van der Waals surface area contributed by atoms with Gasteiger partial charge in [-0.1, -0.05) is 30.3 Å². The first-order valence-corrected chi connectivity index (χ1v) is 8.91. The van der Waals surface area contributed by atoms with Crippen molar-refractivity contribution < 1.29 is 0 Å². The smallest absolute Gasteiger partial charge is 0.191 e. The zero-order valence-corrected chi connectivity index (χ0v) is 15.5. The molecule has 25 heavy (non-hydrogen) atoms. The molecule has 2 aromatic rings.